The molecule has 1 aliphatic carbocycles. The second kappa shape index (κ2) is 4.52. The van der Waals surface area contributed by atoms with Crippen LogP contribution in [0.4, 0.5) is 0 Å². The molecule has 3 unspecified atom stereocenters. The van der Waals surface area contributed by atoms with Crippen LogP contribution in [0.15, 0.2) is 0 Å². The number of carbonyl (C=O) groups is 1. The van der Waals surface area contributed by atoms with E-state index in [4.69, 9.17) is 0 Å². The molecule has 2 aliphatic rings. The number of hydrogen-bond acceptors (Lipinski definition) is 2. The summed E-state index contributed by atoms with van der Waals surface area (Å²) in [6.07, 6.45) is 5.03. The highest BCUT2D eigenvalue weighted by atomic mass is 16.2. The van der Waals surface area contributed by atoms with Gasteiger partial charge in [-0.3, -0.25) is 4.79 Å². The van der Waals surface area contributed by atoms with Crippen LogP contribution < -0.4 is 10.6 Å². The van der Waals surface area contributed by atoms with Crippen LogP contribution in [0.1, 0.15) is 39.5 Å². The van der Waals surface area contributed by atoms with Crippen LogP contribution in [0, 0.1) is 11.8 Å². The summed E-state index contributed by atoms with van der Waals surface area (Å²) in [6.45, 7) is 5.27. The Morgan fingerprint density at radius 2 is 2.13 bits per heavy atom. The van der Waals surface area contributed by atoms with Crippen LogP contribution in [0.3, 0.4) is 0 Å². The van der Waals surface area contributed by atoms with Crippen LogP contribution in [0.2, 0.25) is 0 Å². The fourth-order valence-electron chi connectivity index (χ4n) is 2.56. The van der Waals surface area contributed by atoms with Crippen molar-refractivity contribution in [1.29, 1.82) is 0 Å². The summed E-state index contributed by atoms with van der Waals surface area (Å²) in [7, 11) is 0. The molecule has 1 saturated heterocycles. The van der Waals surface area contributed by atoms with E-state index in [2.05, 4.69) is 24.5 Å². The zero-order valence-electron chi connectivity index (χ0n) is 9.75. The summed E-state index contributed by atoms with van der Waals surface area (Å²) in [5, 5.41) is 6.43. The van der Waals surface area contributed by atoms with Gasteiger partial charge in [-0.2, -0.15) is 0 Å². The summed E-state index contributed by atoms with van der Waals surface area (Å²) in [6, 6.07) is 0.411. The molecule has 1 aliphatic heterocycles. The zero-order chi connectivity index (χ0) is 10.8. The highest BCUT2D eigenvalue weighted by Crippen LogP contribution is 2.29. The molecule has 15 heavy (non-hydrogen) atoms. The van der Waals surface area contributed by atoms with Gasteiger partial charge in [0.05, 0.1) is 6.04 Å². The molecule has 2 N–H and O–H groups in total. The van der Waals surface area contributed by atoms with Crippen LogP contribution in [0.25, 0.3) is 0 Å². The van der Waals surface area contributed by atoms with Crippen LogP contribution in [-0.2, 0) is 4.79 Å². The van der Waals surface area contributed by atoms with Crippen molar-refractivity contribution in [3.63, 3.8) is 0 Å². The molecule has 86 valence electrons. The molecule has 0 aromatic heterocycles. The quantitative estimate of drug-likeness (QED) is 0.737. The highest BCUT2D eigenvalue weighted by molar-refractivity contribution is 5.82. The van der Waals surface area contributed by atoms with Gasteiger partial charge in [-0.25, -0.2) is 0 Å². The summed E-state index contributed by atoms with van der Waals surface area (Å²) < 4.78 is 0. The molecule has 3 atom stereocenters. The van der Waals surface area contributed by atoms with Gasteiger partial charge in [0.15, 0.2) is 0 Å². The van der Waals surface area contributed by atoms with Gasteiger partial charge in [0.25, 0.3) is 0 Å². The smallest absolute Gasteiger partial charge is 0.237 e. The minimum absolute atomic E-state index is 0.0486. The number of hydrogen-bond donors (Lipinski definition) is 2. The molecule has 2 rings (SSSR count). The molecule has 0 bridgehead atoms. The third kappa shape index (κ3) is 2.33. The first-order valence-electron chi connectivity index (χ1n) is 6.22. The van der Waals surface area contributed by atoms with Crippen molar-refractivity contribution < 1.29 is 4.79 Å². The van der Waals surface area contributed by atoms with Gasteiger partial charge < -0.3 is 10.6 Å². The van der Waals surface area contributed by atoms with E-state index < -0.39 is 0 Å². The Hall–Kier alpha value is -0.570. The molecule has 1 heterocycles. The maximum atomic E-state index is 11.9. The third-order valence-corrected chi connectivity index (χ3v) is 4.04. The zero-order valence-corrected chi connectivity index (χ0v) is 9.75. The van der Waals surface area contributed by atoms with E-state index >= 15 is 0 Å². The Labute approximate surface area is 92.0 Å². The molecule has 0 radical (unpaired) electrons. The minimum Gasteiger partial charge on any atom is -0.352 e. The first-order chi connectivity index (χ1) is 7.18. The van der Waals surface area contributed by atoms with Gasteiger partial charge in [-0.1, -0.05) is 13.3 Å². The molecule has 0 spiro atoms. The summed E-state index contributed by atoms with van der Waals surface area (Å²) in [4.78, 5) is 11.9. The average Bonchev–Trinajstić information content (AvgIpc) is 2.47. The van der Waals surface area contributed by atoms with Crippen LogP contribution >= 0.6 is 0 Å². The first-order valence-corrected chi connectivity index (χ1v) is 6.22. The standard InChI is InChI=1S/C12H22N2O/c1-8-6-7-13-11(8)12(15)14-9(2)10-4-3-5-10/h8-11,13H,3-7H2,1-2H3,(H,14,15). The highest BCUT2D eigenvalue weighted by Gasteiger charge is 2.32. The predicted octanol–water partition coefficient (Wildman–Crippen LogP) is 1.29. The number of rotatable bonds is 3. The second-order valence-corrected chi connectivity index (χ2v) is 5.19. The van der Waals surface area contributed by atoms with Gasteiger partial charge in [-0.15, -0.1) is 0 Å². The number of nitrogens with one attached hydrogen (secondary N) is 2. The van der Waals surface area contributed by atoms with Gasteiger partial charge in [0.1, 0.15) is 0 Å². The Balaban J connectivity index is 1.80. The van der Waals surface area contributed by atoms with Crippen molar-refractivity contribution >= 4 is 5.91 Å². The summed E-state index contributed by atoms with van der Waals surface area (Å²) in [5.41, 5.74) is 0. The maximum absolute atomic E-state index is 11.9. The lowest BCUT2D eigenvalue weighted by atomic mass is 9.80. The van der Waals surface area contributed by atoms with Crippen molar-refractivity contribution in [1.82, 2.24) is 10.6 Å². The van der Waals surface area contributed by atoms with Crippen molar-refractivity contribution in [2.24, 2.45) is 11.8 Å². The first kappa shape index (κ1) is 10.9. The molecule has 3 heteroatoms. The number of carbonyl (C=O) groups excluding carboxylic acids is 1. The van der Waals surface area contributed by atoms with Crippen molar-refractivity contribution in [3.8, 4) is 0 Å². The monoisotopic (exact) mass is 210 g/mol. The van der Waals surface area contributed by atoms with E-state index in [1.165, 1.54) is 19.3 Å². The Kier molecular flexibility index (Phi) is 3.29. The van der Waals surface area contributed by atoms with Crippen LogP contribution in [-0.4, -0.2) is 24.5 Å². The maximum Gasteiger partial charge on any atom is 0.237 e. The molecule has 1 saturated carbocycles. The van der Waals surface area contributed by atoms with E-state index in [1.54, 1.807) is 0 Å². The van der Waals surface area contributed by atoms with E-state index in [1.807, 2.05) is 0 Å². The van der Waals surface area contributed by atoms with E-state index in [-0.39, 0.29) is 11.9 Å². The largest absolute Gasteiger partial charge is 0.352 e. The van der Waals surface area contributed by atoms with Crippen molar-refractivity contribution in [3.05, 3.63) is 0 Å². The lowest BCUT2D eigenvalue weighted by molar-refractivity contribution is -0.124. The SMILES string of the molecule is CC1CCNC1C(=O)NC(C)C1CCC1. The predicted molar refractivity (Wildman–Crippen MR) is 60.5 cm³/mol. The summed E-state index contributed by atoms with van der Waals surface area (Å²) in [5.74, 6) is 1.42. The molecule has 1 amide bonds. The minimum atomic E-state index is 0.0486. The normalized spacial score (nSPS) is 33.5. The topological polar surface area (TPSA) is 41.1 Å². The van der Waals surface area contributed by atoms with Crippen LogP contribution in [0.5, 0.6) is 0 Å². The van der Waals surface area contributed by atoms with Gasteiger partial charge in [-0.05, 0) is 44.6 Å². The molecular formula is C12H22N2O. The number of amides is 1. The molecule has 3 nitrogen and oxygen atoms in total. The average molecular weight is 210 g/mol. The fourth-order valence-corrected chi connectivity index (χ4v) is 2.56. The Bertz CT molecular complexity index is 238. The molecule has 0 aromatic rings. The van der Waals surface area contributed by atoms with Gasteiger partial charge >= 0.3 is 0 Å². The molecule has 0 aromatic carbocycles. The summed E-state index contributed by atoms with van der Waals surface area (Å²) >= 11 is 0. The van der Waals surface area contributed by atoms with Gasteiger partial charge in [0.2, 0.25) is 5.91 Å². The third-order valence-electron chi connectivity index (χ3n) is 4.04. The lowest BCUT2D eigenvalue weighted by Gasteiger charge is -2.32. The van der Waals surface area contributed by atoms with E-state index in [0.29, 0.717) is 12.0 Å². The molecular weight excluding hydrogens is 188 g/mol. The van der Waals surface area contributed by atoms with E-state index in [9.17, 15) is 4.79 Å². The molecule has 2 fully saturated rings. The van der Waals surface area contributed by atoms with Crippen molar-refractivity contribution in [2.75, 3.05) is 6.54 Å². The second-order valence-electron chi connectivity index (χ2n) is 5.19. The van der Waals surface area contributed by atoms with Gasteiger partial charge in [0, 0.05) is 6.04 Å². The fraction of sp³-hybridized carbons (Fsp3) is 0.917. The Morgan fingerprint density at radius 1 is 1.40 bits per heavy atom. The van der Waals surface area contributed by atoms with Crippen molar-refractivity contribution in [2.45, 2.75) is 51.6 Å². The van der Waals surface area contributed by atoms with E-state index in [0.717, 1.165) is 18.9 Å². The Morgan fingerprint density at radius 3 is 2.60 bits per heavy atom. The lowest BCUT2D eigenvalue weighted by Crippen LogP contribution is -2.49.